The number of hydrogen-bond acceptors (Lipinski definition) is 0. The minimum atomic E-state index is -5.48. The van der Waals surface area contributed by atoms with Crippen molar-refractivity contribution in [2.45, 2.75) is 21.0 Å². The SMILES string of the molecule is [CH3][Sn]([CH3])([CH3])[c]1c(F)c(F)c(C(F)(F)F)c(F)c1F. The van der Waals surface area contributed by atoms with E-state index in [2.05, 4.69) is 0 Å². The molecule has 0 aliphatic rings. The number of halogens is 7. The molecule has 0 radical (unpaired) electrons. The van der Waals surface area contributed by atoms with Crippen molar-refractivity contribution in [2.75, 3.05) is 0 Å². The normalized spacial score (nSPS) is 13.0. The first-order valence-corrected chi connectivity index (χ1v) is 14.8. The first kappa shape index (κ1) is 15.6. The van der Waals surface area contributed by atoms with Crippen molar-refractivity contribution >= 4 is 22.0 Å². The van der Waals surface area contributed by atoms with E-state index < -0.39 is 57.0 Å². The third-order valence-electron chi connectivity index (χ3n) is 2.30. The molecule has 0 saturated heterocycles. The van der Waals surface area contributed by atoms with Crippen molar-refractivity contribution in [1.82, 2.24) is 0 Å². The Kier molecular flexibility index (Phi) is 3.96. The van der Waals surface area contributed by atoms with Gasteiger partial charge in [-0.2, -0.15) is 0 Å². The summed E-state index contributed by atoms with van der Waals surface area (Å²) < 4.78 is 89.6. The molecular formula is C10H9F7Sn. The molecule has 8 heteroatoms. The predicted octanol–water partition coefficient (Wildman–Crippen LogP) is 3.81. The van der Waals surface area contributed by atoms with Crippen LogP contribution in [0.2, 0.25) is 14.8 Å². The summed E-state index contributed by atoms with van der Waals surface area (Å²) in [5.74, 6) is -8.60. The van der Waals surface area contributed by atoms with Gasteiger partial charge >= 0.3 is 103 Å². The van der Waals surface area contributed by atoms with Crippen LogP contribution in [0.5, 0.6) is 0 Å². The average Bonchev–Trinajstić information content (AvgIpc) is 2.10. The molecule has 0 unspecified atom stereocenters. The average molecular weight is 381 g/mol. The van der Waals surface area contributed by atoms with Crippen molar-refractivity contribution in [3.05, 3.63) is 28.8 Å². The molecule has 0 saturated carbocycles. The fourth-order valence-electron chi connectivity index (χ4n) is 1.54. The number of alkyl halides is 3. The zero-order valence-electron chi connectivity index (χ0n) is 9.65. The zero-order chi connectivity index (χ0) is 14.5. The Bertz CT molecular complexity index is 410. The Morgan fingerprint density at radius 2 is 1.06 bits per heavy atom. The zero-order valence-corrected chi connectivity index (χ0v) is 12.5. The van der Waals surface area contributed by atoms with Crippen LogP contribution in [0.4, 0.5) is 30.7 Å². The third kappa shape index (κ3) is 2.60. The second kappa shape index (κ2) is 4.57. The Balaban J connectivity index is 3.79. The molecule has 1 rings (SSSR count). The fraction of sp³-hybridized carbons (Fsp3) is 0.400. The molecule has 0 aliphatic carbocycles. The standard InChI is InChI=1S/C7F7.3CH3.Sn/c8-2-1-3(9)6(11)4(5(2)10)7(12,13)14;;;;/h;3*1H3;. The van der Waals surface area contributed by atoms with Crippen LogP contribution in [0.1, 0.15) is 5.56 Å². The van der Waals surface area contributed by atoms with E-state index in [9.17, 15) is 30.7 Å². The molecular weight excluding hydrogens is 372 g/mol. The van der Waals surface area contributed by atoms with Gasteiger partial charge in [-0.05, 0) is 0 Å². The Morgan fingerprint density at radius 3 is 1.28 bits per heavy atom. The van der Waals surface area contributed by atoms with Crippen molar-refractivity contribution in [3.8, 4) is 0 Å². The molecule has 0 N–H and O–H groups in total. The molecule has 102 valence electrons. The van der Waals surface area contributed by atoms with Gasteiger partial charge in [0.05, 0.1) is 0 Å². The van der Waals surface area contributed by atoms with Gasteiger partial charge in [0.1, 0.15) is 0 Å². The van der Waals surface area contributed by atoms with E-state index in [1.54, 1.807) is 0 Å². The molecule has 0 nitrogen and oxygen atoms in total. The molecule has 0 heterocycles. The first-order chi connectivity index (χ1) is 7.89. The minimum absolute atomic E-state index is 0.840. The van der Waals surface area contributed by atoms with Crippen LogP contribution in [0.25, 0.3) is 0 Å². The van der Waals surface area contributed by atoms with Gasteiger partial charge in [0, 0.05) is 0 Å². The molecule has 18 heavy (non-hydrogen) atoms. The van der Waals surface area contributed by atoms with Gasteiger partial charge in [0.15, 0.2) is 0 Å². The summed E-state index contributed by atoms with van der Waals surface area (Å²) in [6.45, 7) is 0. The van der Waals surface area contributed by atoms with E-state index in [0.29, 0.717) is 0 Å². The van der Waals surface area contributed by atoms with Gasteiger partial charge in [0.2, 0.25) is 0 Å². The molecule has 0 atom stereocenters. The summed E-state index contributed by atoms with van der Waals surface area (Å²) in [5, 5.41) is 0. The van der Waals surface area contributed by atoms with Crippen LogP contribution in [-0.2, 0) is 6.18 Å². The van der Waals surface area contributed by atoms with Crippen molar-refractivity contribution in [3.63, 3.8) is 0 Å². The molecule has 0 aliphatic heterocycles. The van der Waals surface area contributed by atoms with E-state index in [0.717, 1.165) is 0 Å². The maximum absolute atomic E-state index is 13.5. The van der Waals surface area contributed by atoms with Gasteiger partial charge in [-0.25, -0.2) is 0 Å². The monoisotopic (exact) mass is 382 g/mol. The molecule has 1 aromatic rings. The predicted molar refractivity (Wildman–Crippen MR) is 54.3 cm³/mol. The van der Waals surface area contributed by atoms with Crippen LogP contribution >= 0.6 is 0 Å². The number of benzene rings is 1. The summed E-state index contributed by atoms with van der Waals surface area (Å²) in [5.41, 5.74) is -2.52. The number of rotatable bonds is 1. The Labute approximate surface area is 103 Å². The van der Waals surface area contributed by atoms with Crippen LogP contribution in [0.3, 0.4) is 0 Å². The van der Waals surface area contributed by atoms with Crippen LogP contribution in [0, 0.1) is 23.3 Å². The summed E-state index contributed by atoms with van der Waals surface area (Å²) in [4.78, 5) is 4.30. The van der Waals surface area contributed by atoms with Gasteiger partial charge < -0.3 is 0 Å². The Hall–Kier alpha value is -0.471. The molecule has 0 aromatic heterocycles. The molecule has 0 spiro atoms. The van der Waals surface area contributed by atoms with Gasteiger partial charge in [0.25, 0.3) is 0 Å². The molecule has 0 fully saturated rings. The molecule has 0 amide bonds. The van der Waals surface area contributed by atoms with Gasteiger partial charge in [-0.3, -0.25) is 0 Å². The van der Waals surface area contributed by atoms with E-state index >= 15 is 0 Å². The van der Waals surface area contributed by atoms with E-state index in [1.807, 2.05) is 0 Å². The van der Waals surface area contributed by atoms with Crippen molar-refractivity contribution in [1.29, 1.82) is 0 Å². The van der Waals surface area contributed by atoms with E-state index in [4.69, 9.17) is 0 Å². The van der Waals surface area contributed by atoms with Gasteiger partial charge in [-0.1, -0.05) is 0 Å². The maximum atomic E-state index is 13.5. The Morgan fingerprint density at radius 1 is 0.722 bits per heavy atom. The summed E-state index contributed by atoms with van der Waals surface area (Å²) in [6.07, 6.45) is -5.48. The second-order valence-corrected chi connectivity index (χ2v) is 19.0. The van der Waals surface area contributed by atoms with Crippen molar-refractivity contribution in [2.24, 2.45) is 0 Å². The van der Waals surface area contributed by atoms with Crippen molar-refractivity contribution < 1.29 is 30.7 Å². The third-order valence-corrected chi connectivity index (χ3v) is 7.83. The summed E-state index contributed by atoms with van der Waals surface area (Å²) in [7, 11) is 0. The van der Waals surface area contributed by atoms with Crippen LogP contribution in [-0.4, -0.2) is 18.4 Å². The topological polar surface area (TPSA) is 0 Å². The van der Waals surface area contributed by atoms with Gasteiger partial charge in [-0.15, -0.1) is 0 Å². The van der Waals surface area contributed by atoms with Crippen LogP contribution < -0.4 is 3.58 Å². The van der Waals surface area contributed by atoms with E-state index in [-0.39, 0.29) is 0 Å². The molecule has 1 aromatic carbocycles. The number of hydrogen-bond donors (Lipinski definition) is 0. The quantitative estimate of drug-likeness (QED) is 0.395. The van der Waals surface area contributed by atoms with Crippen LogP contribution in [0.15, 0.2) is 0 Å². The summed E-state index contributed by atoms with van der Waals surface area (Å²) in [6, 6.07) is 0. The second-order valence-electron chi connectivity index (χ2n) is 4.75. The molecule has 0 bridgehead atoms. The van der Waals surface area contributed by atoms with E-state index in [1.165, 1.54) is 14.8 Å². The first-order valence-electron chi connectivity index (χ1n) is 4.82. The summed E-state index contributed by atoms with van der Waals surface area (Å²) >= 11 is -3.63. The fourth-order valence-corrected chi connectivity index (χ4v) is 5.92.